The monoisotopic (exact) mass is 369 g/mol. The average molecular weight is 370 g/mol. The smallest absolute Gasteiger partial charge is 0.225 e. The SMILES string of the molecule is CNC12CC(=C(Nc3cnc(N4CCC(C(C)C)CC4)nc3)C1)CC(C)C2. The first kappa shape index (κ1) is 18.7. The summed E-state index contributed by atoms with van der Waals surface area (Å²) in [5, 5.41) is 7.24. The molecule has 1 saturated carbocycles. The molecular weight excluding hydrogens is 334 g/mol. The number of anilines is 2. The second kappa shape index (κ2) is 7.42. The number of rotatable bonds is 5. The summed E-state index contributed by atoms with van der Waals surface area (Å²) < 4.78 is 0. The maximum atomic E-state index is 4.67. The average Bonchev–Trinajstić information content (AvgIpc) is 2.93. The fraction of sp³-hybridized carbons (Fsp3) is 0.727. The van der Waals surface area contributed by atoms with Gasteiger partial charge in [0.25, 0.3) is 0 Å². The zero-order chi connectivity index (χ0) is 19.0. The first-order valence-electron chi connectivity index (χ1n) is 10.7. The molecule has 2 fully saturated rings. The third kappa shape index (κ3) is 3.84. The molecule has 1 aromatic rings. The van der Waals surface area contributed by atoms with Gasteiger partial charge in [-0.3, -0.25) is 0 Å². The van der Waals surface area contributed by atoms with Gasteiger partial charge < -0.3 is 15.5 Å². The third-order valence-corrected chi connectivity index (χ3v) is 7.06. The summed E-state index contributed by atoms with van der Waals surface area (Å²) in [5.74, 6) is 3.27. The molecule has 1 aliphatic heterocycles. The first-order chi connectivity index (χ1) is 13.0. The molecule has 2 atom stereocenters. The molecule has 27 heavy (non-hydrogen) atoms. The molecule has 3 aliphatic rings. The molecule has 1 saturated heterocycles. The van der Waals surface area contributed by atoms with Gasteiger partial charge in [-0.05, 0) is 62.5 Å². The molecule has 1 aromatic heterocycles. The number of hydrogen-bond acceptors (Lipinski definition) is 5. The summed E-state index contributed by atoms with van der Waals surface area (Å²) >= 11 is 0. The topological polar surface area (TPSA) is 53.1 Å². The molecule has 0 aromatic carbocycles. The van der Waals surface area contributed by atoms with Crippen LogP contribution < -0.4 is 15.5 Å². The number of nitrogens with one attached hydrogen (secondary N) is 2. The van der Waals surface area contributed by atoms with Gasteiger partial charge in [0.1, 0.15) is 0 Å². The normalized spacial score (nSPS) is 28.9. The summed E-state index contributed by atoms with van der Waals surface area (Å²) in [6.07, 6.45) is 11.2. The van der Waals surface area contributed by atoms with Gasteiger partial charge in [0.05, 0.1) is 18.1 Å². The molecule has 2 N–H and O–H groups in total. The highest BCUT2D eigenvalue weighted by Crippen LogP contribution is 2.47. The van der Waals surface area contributed by atoms with Crippen LogP contribution in [-0.4, -0.2) is 35.6 Å². The summed E-state index contributed by atoms with van der Waals surface area (Å²) in [6, 6.07) is 0. The van der Waals surface area contributed by atoms with Crippen molar-refractivity contribution in [1.29, 1.82) is 0 Å². The Labute approximate surface area is 164 Å². The fourth-order valence-corrected chi connectivity index (χ4v) is 5.44. The lowest BCUT2D eigenvalue weighted by atomic mass is 9.78. The van der Waals surface area contributed by atoms with Crippen LogP contribution >= 0.6 is 0 Å². The predicted molar refractivity (Wildman–Crippen MR) is 112 cm³/mol. The lowest BCUT2D eigenvalue weighted by Gasteiger charge is -2.35. The van der Waals surface area contributed by atoms with E-state index < -0.39 is 0 Å². The maximum absolute atomic E-state index is 4.67. The van der Waals surface area contributed by atoms with E-state index in [1.54, 1.807) is 5.57 Å². The molecule has 4 rings (SSSR count). The van der Waals surface area contributed by atoms with Crippen LogP contribution in [0, 0.1) is 17.8 Å². The van der Waals surface area contributed by atoms with Crippen molar-refractivity contribution in [3.63, 3.8) is 0 Å². The Morgan fingerprint density at radius 1 is 1.15 bits per heavy atom. The molecule has 148 valence electrons. The zero-order valence-corrected chi connectivity index (χ0v) is 17.4. The summed E-state index contributed by atoms with van der Waals surface area (Å²) in [7, 11) is 2.11. The van der Waals surface area contributed by atoms with E-state index in [9.17, 15) is 0 Å². The van der Waals surface area contributed by atoms with Gasteiger partial charge in [-0.25, -0.2) is 9.97 Å². The Bertz CT molecular complexity index is 687. The van der Waals surface area contributed by atoms with Crippen LogP contribution in [0.1, 0.15) is 59.3 Å². The molecule has 0 radical (unpaired) electrons. The van der Waals surface area contributed by atoms with Crippen LogP contribution in [0.15, 0.2) is 23.7 Å². The van der Waals surface area contributed by atoms with Gasteiger partial charge >= 0.3 is 0 Å². The lowest BCUT2D eigenvalue weighted by Crippen LogP contribution is -2.44. The van der Waals surface area contributed by atoms with Gasteiger partial charge in [0.15, 0.2) is 0 Å². The second-order valence-electron chi connectivity index (χ2n) is 9.44. The quantitative estimate of drug-likeness (QED) is 0.815. The molecular formula is C22H35N5. The van der Waals surface area contributed by atoms with Crippen molar-refractivity contribution < 1.29 is 0 Å². The van der Waals surface area contributed by atoms with Gasteiger partial charge in [0.2, 0.25) is 5.95 Å². The van der Waals surface area contributed by atoms with Crippen molar-refractivity contribution in [3.05, 3.63) is 23.7 Å². The van der Waals surface area contributed by atoms with E-state index in [2.05, 4.69) is 53.3 Å². The van der Waals surface area contributed by atoms with E-state index in [4.69, 9.17) is 0 Å². The maximum Gasteiger partial charge on any atom is 0.225 e. The molecule has 0 amide bonds. The minimum atomic E-state index is 0.261. The summed E-state index contributed by atoms with van der Waals surface area (Å²) in [5.41, 5.74) is 4.26. The van der Waals surface area contributed by atoms with Crippen LogP contribution in [0.25, 0.3) is 0 Å². The van der Waals surface area contributed by atoms with Crippen molar-refractivity contribution in [2.75, 3.05) is 30.4 Å². The number of piperidine rings is 1. The largest absolute Gasteiger partial charge is 0.356 e. The van der Waals surface area contributed by atoms with E-state index in [1.807, 2.05) is 12.4 Å². The Balaban J connectivity index is 1.40. The first-order valence-corrected chi connectivity index (χ1v) is 10.7. The molecule has 2 bridgehead atoms. The Kier molecular flexibility index (Phi) is 5.15. The van der Waals surface area contributed by atoms with Crippen LogP contribution in [-0.2, 0) is 0 Å². The van der Waals surface area contributed by atoms with Crippen molar-refractivity contribution in [2.24, 2.45) is 17.8 Å². The van der Waals surface area contributed by atoms with Gasteiger partial charge in [-0.1, -0.05) is 20.8 Å². The van der Waals surface area contributed by atoms with Crippen molar-refractivity contribution in [3.8, 4) is 0 Å². The molecule has 0 spiro atoms. The van der Waals surface area contributed by atoms with Gasteiger partial charge in [0, 0.05) is 30.7 Å². The molecule has 5 heteroatoms. The van der Waals surface area contributed by atoms with Crippen molar-refractivity contribution >= 4 is 11.6 Å². The van der Waals surface area contributed by atoms with E-state index >= 15 is 0 Å². The minimum Gasteiger partial charge on any atom is -0.356 e. The van der Waals surface area contributed by atoms with Crippen LogP contribution in [0.2, 0.25) is 0 Å². The van der Waals surface area contributed by atoms with Crippen LogP contribution in [0.4, 0.5) is 11.6 Å². The van der Waals surface area contributed by atoms with Gasteiger partial charge in [-0.15, -0.1) is 0 Å². The Hall–Kier alpha value is -1.62. The van der Waals surface area contributed by atoms with Crippen LogP contribution in [0.3, 0.4) is 0 Å². The molecule has 2 heterocycles. The molecule has 2 unspecified atom stereocenters. The Morgan fingerprint density at radius 3 is 2.48 bits per heavy atom. The summed E-state index contributed by atoms with van der Waals surface area (Å²) in [6.45, 7) is 9.20. The van der Waals surface area contributed by atoms with E-state index in [0.29, 0.717) is 0 Å². The summed E-state index contributed by atoms with van der Waals surface area (Å²) in [4.78, 5) is 11.7. The number of fused-ring (bicyclic) bond motifs is 2. The van der Waals surface area contributed by atoms with E-state index in [0.717, 1.165) is 48.9 Å². The Morgan fingerprint density at radius 2 is 1.85 bits per heavy atom. The number of hydrogen-bond donors (Lipinski definition) is 2. The highest BCUT2D eigenvalue weighted by molar-refractivity contribution is 5.50. The molecule has 5 nitrogen and oxygen atoms in total. The predicted octanol–water partition coefficient (Wildman–Crippen LogP) is 4.20. The van der Waals surface area contributed by atoms with Crippen LogP contribution in [0.5, 0.6) is 0 Å². The third-order valence-electron chi connectivity index (χ3n) is 7.06. The highest BCUT2D eigenvalue weighted by Gasteiger charge is 2.42. The number of nitrogens with zero attached hydrogens (tertiary/aromatic N) is 3. The van der Waals surface area contributed by atoms with Crippen molar-refractivity contribution in [2.45, 2.75) is 64.8 Å². The highest BCUT2D eigenvalue weighted by atomic mass is 15.3. The zero-order valence-electron chi connectivity index (χ0n) is 17.4. The fourth-order valence-electron chi connectivity index (χ4n) is 5.44. The lowest BCUT2D eigenvalue weighted by molar-refractivity contribution is 0.259. The van der Waals surface area contributed by atoms with E-state index in [-0.39, 0.29) is 5.54 Å². The minimum absolute atomic E-state index is 0.261. The molecule has 2 aliphatic carbocycles. The van der Waals surface area contributed by atoms with Crippen molar-refractivity contribution in [1.82, 2.24) is 15.3 Å². The number of aromatic nitrogens is 2. The standard InChI is InChI=1S/C22H35N5/c1-15(2)17-5-7-27(8-6-17)21-24-13-19(14-25-21)26-20-12-22(23-4)10-16(3)9-18(20)11-22/h13-17,23,26H,5-12H2,1-4H3. The van der Waals surface area contributed by atoms with Gasteiger partial charge in [-0.2, -0.15) is 0 Å². The second-order valence-corrected chi connectivity index (χ2v) is 9.44. The van der Waals surface area contributed by atoms with E-state index in [1.165, 1.54) is 37.8 Å².